The van der Waals surface area contributed by atoms with Crippen LogP contribution in [0.2, 0.25) is 0 Å². The van der Waals surface area contributed by atoms with E-state index < -0.39 is 0 Å². The lowest BCUT2D eigenvalue weighted by molar-refractivity contribution is 0.251. The minimum atomic E-state index is -0.237. The maximum atomic E-state index is 11.8. The number of carbonyl (C=O) groups is 1. The predicted molar refractivity (Wildman–Crippen MR) is 90.9 cm³/mol. The number of hydrogen-bond donors (Lipinski definition) is 2. The van der Waals surface area contributed by atoms with Gasteiger partial charge in [0, 0.05) is 23.8 Å². The number of carbonyl (C=O) groups excluding carboxylic acids is 1. The number of nitrogens with one attached hydrogen (secondary N) is 2. The number of urea groups is 1. The fourth-order valence-electron chi connectivity index (χ4n) is 1.92. The van der Waals surface area contributed by atoms with Gasteiger partial charge in [-0.3, -0.25) is 0 Å². The van der Waals surface area contributed by atoms with Gasteiger partial charge in [-0.15, -0.1) is 0 Å². The Bertz CT molecular complexity index is 743. The molecule has 0 aliphatic carbocycles. The van der Waals surface area contributed by atoms with Gasteiger partial charge in [-0.25, -0.2) is 9.78 Å². The maximum Gasteiger partial charge on any atom is 0.319 e. The van der Waals surface area contributed by atoms with E-state index in [-0.39, 0.29) is 6.03 Å². The van der Waals surface area contributed by atoms with E-state index in [1.807, 2.05) is 60.0 Å². The van der Waals surface area contributed by atoms with Crippen molar-refractivity contribution in [1.82, 2.24) is 10.3 Å². The third-order valence-corrected chi connectivity index (χ3v) is 3.67. The molecule has 0 saturated carbocycles. The van der Waals surface area contributed by atoms with Crippen LogP contribution in [0.4, 0.5) is 10.5 Å². The summed E-state index contributed by atoms with van der Waals surface area (Å²) in [6.07, 6.45) is 1.70. The average Bonchev–Trinajstić information content (AvgIpc) is 3.08. The van der Waals surface area contributed by atoms with Gasteiger partial charge in [0.15, 0.2) is 0 Å². The molecule has 6 heteroatoms. The van der Waals surface area contributed by atoms with E-state index >= 15 is 0 Å². The van der Waals surface area contributed by atoms with Crippen molar-refractivity contribution >= 4 is 23.1 Å². The summed E-state index contributed by atoms with van der Waals surface area (Å²) in [5.74, 6) is 0.720. The number of aromatic nitrogens is 1. The standard InChI is InChI=1S/C17H15N3O2S/c21-16(20-14-4-2-1-3-5-14)19-12-13-6-8-15(9-7-13)22-17-18-10-11-23-17/h1-11H,12H2,(H2,19,20,21). The summed E-state index contributed by atoms with van der Waals surface area (Å²) in [7, 11) is 0. The number of amides is 2. The van der Waals surface area contributed by atoms with Crippen LogP contribution in [-0.4, -0.2) is 11.0 Å². The Morgan fingerprint density at radius 1 is 1.09 bits per heavy atom. The highest BCUT2D eigenvalue weighted by Gasteiger charge is 2.03. The number of nitrogens with zero attached hydrogens (tertiary/aromatic N) is 1. The predicted octanol–water partition coefficient (Wildman–Crippen LogP) is 4.26. The second-order valence-electron chi connectivity index (χ2n) is 4.72. The number of hydrogen-bond acceptors (Lipinski definition) is 4. The highest BCUT2D eigenvalue weighted by molar-refractivity contribution is 7.11. The zero-order chi connectivity index (χ0) is 15.9. The first-order chi connectivity index (χ1) is 11.3. The van der Waals surface area contributed by atoms with E-state index in [1.54, 1.807) is 6.20 Å². The summed E-state index contributed by atoms with van der Waals surface area (Å²) in [4.78, 5) is 15.9. The zero-order valence-corrected chi connectivity index (χ0v) is 13.0. The molecule has 0 atom stereocenters. The monoisotopic (exact) mass is 325 g/mol. The Labute approximate surface area is 138 Å². The number of anilines is 1. The van der Waals surface area contributed by atoms with Crippen LogP contribution in [0.5, 0.6) is 10.9 Å². The van der Waals surface area contributed by atoms with Gasteiger partial charge in [-0.2, -0.15) is 0 Å². The van der Waals surface area contributed by atoms with Crippen LogP contribution in [0.1, 0.15) is 5.56 Å². The molecule has 0 unspecified atom stereocenters. The number of rotatable bonds is 5. The smallest absolute Gasteiger partial charge is 0.319 e. The first kappa shape index (κ1) is 15.1. The Hall–Kier alpha value is -2.86. The molecular formula is C17H15N3O2S. The van der Waals surface area contributed by atoms with Gasteiger partial charge < -0.3 is 15.4 Å². The molecule has 3 rings (SSSR count). The van der Waals surface area contributed by atoms with Crippen LogP contribution >= 0.6 is 11.3 Å². The summed E-state index contributed by atoms with van der Waals surface area (Å²) in [6, 6.07) is 16.6. The fourth-order valence-corrected chi connectivity index (χ4v) is 2.42. The third-order valence-electron chi connectivity index (χ3n) is 3.02. The zero-order valence-electron chi connectivity index (χ0n) is 12.2. The second kappa shape index (κ2) is 7.42. The van der Waals surface area contributed by atoms with Crippen LogP contribution in [0.3, 0.4) is 0 Å². The molecule has 0 bridgehead atoms. The average molecular weight is 325 g/mol. The topological polar surface area (TPSA) is 63.2 Å². The van der Waals surface area contributed by atoms with E-state index in [4.69, 9.17) is 4.74 Å². The van der Waals surface area contributed by atoms with Crippen molar-refractivity contribution in [2.45, 2.75) is 6.54 Å². The van der Waals surface area contributed by atoms with Crippen LogP contribution in [-0.2, 0) is 6.54 Å². The van der Waals surface area contributed by atoms with E-state index in [1.165, 1.54) is 11.3 Å². The van der Waals surface area contributed by atoms with Gasteiger partial charge in [-0.05, 0) is 29.8 Å². The number of thiazole rings is 1. The van der Waals surface area contributed by atoms with Gasteiger partial charge in [0.05, 0.1) is 0 Å². The Kier molecular flexibility index (Phi) is 4.85. The maximum absolute atomic E-state index is 11.8. The minimum absolute atomic E-state index is 0.237. The van der Waals surface area contributed by atoms with Crippen molar-refractivity contribution in [3.05, 3.63) is 71.7 Å². The molecule has 2 N–H and O–H groups in total. The van der Waals surface area contributed by atoms with Crippen molar-refractivity contribution in [3.8, 4) is 10.9 Å². The Morgan fingerprint density at radius 2 is 1.87 bits per heavy atom. The number of ether oxygens (including phenoxy) is 1. The lowest BCUT2D eigenvalue weighted by Crippen LogP contribution is -2.28. The van der Waals surface area contributed by atoms with E-state index in [9.17, 15) is 4.79 Å². The summed E-state index contributed by atoms with van der Waals surface area (Å²) < 4.78 is 5.59. The molecule has 2 amide bonds. The van der Waals surface area contributed by atoms with Crippen molar-refractivity contribution in [2.24, 2.45) is 0 Å². The third kappa shape index (κ3) is 4.55. The molecule has 1 heterocycles. The summed E-state index contributed by atoms with van der Waals surface area (Å²) in [5.41, 5.74) is 1.75. The Balaban J connectivity index is 1.49. The summed E-state index contributed by atoms with van der Waals surface area (Å²) in [6.45, 7) is 0.441. The van der Waals surface area contributed by atoms with E-state index in [0.29, 0.717) is 11.7 Å². The number of para-hydroxylation sites is 1. The fraction of sp³-hybridized carbons (Fsp3) is 0.0588. The molecule has 2 aromatic carbocycles. The minimum Gasteiger partial charge on any atom is -0.431 e. The Morgan fingerprint density at radius 3 is 2.57 bits per heavy atom. The van der Waals surface area contributed by atoms with E-state index in [2.05, 4.69) is 15.6 Å². The van der Waals surface area contributed by atoms with E-state index in [0.717, 1.165) is 17.0 Å². The van der Waals surface area contributed by atoms with Gasteiger partial charge in [0.25, 0.3) is 5.19 Å². The first-order valence-electron chi connectivity index (χ1n) is 7.06. The molecule has 1 aromatic heterocycles. The van der Waals surface area contributed by atoms with Crippen LogP contribution in [0.15, 0.2) is 66.2 Å². The second-order valence-corrected chi connectivity index (χ2v) is 5.57. The van der Waals surface area contributed by atoms with Crippen LogP contribution < -0.4 is 15.4 Å². The molecule has 0 radical (unpaired) electrons. The molecule has 116 valence electrons. The summed E-state index contributed by atoms with van der Waals surface area (Å²) in [5, 5.41) is 8.05. The highest BCUT2D eigenvalue weighted by atomic mass is 32.1. The molecule has 0 aliphatic heterocycles. The largest absolute Gasteiger partial charge is 0.431 e. The number of benzene rings is 2. The van der Waals surface area contributed by atoms with Crippen molar-refractivity contribution in [2.75, 3.05) is 5.32 Å². The van der Waals surface area contributed by atoms with Gasteiger partial charge >= 0.3 is 6.03 Å². The van der Waals surface area contributed by atoms with Crippen molar-refractivity contribution in [3.63, 3.8) is 0 Å². The molecular weight excluding hydrogens is 310 g/mol. The molecule has 5 nitrogen and oxygen atoms in total. The lowest BCUT2D eigenvalue weighted by atomic mass is 10.2. The molecule has 0 saturated heterocycles. The van der Waals surface area contributed by atoms with Gasteiger partial charge in [0.1, 0.15) is 5.75 Å². The van der Waals surface area contributed by atoms with Gasteiger partial charge in [-0.1, -0.05) is 41.7 Å². The van der Waals surface area contributed by atoms with Gasteiger partial charge in [0.2, 0.25) is 0 Å². The van der Waals surface area contributed by atoms with Crippen LogP contribution in [0, 0.1) is 0 Å². The normalized spacial score (nSPS) is 10.1. The quantitative estimate of drug-likeness (QED) is 0.737. The molecule has 23 heavy (non-hydrogen) atoms. The molecule has 0 spiro atoms. The van der Waals surface area contributed by atoms with Crippen LogP contribution in [0.25, 0.3) is 0 Å². The SMILES string of the molecule is O=C(NCc1ccc(Oc2nccs2)cc1)Nc1ccccc1. The first-order valence-corrected chi connectivity index (χ1v) is 7.94. The summed E-state index contributed by atoms with van der Waals surface area (Å²) >= 11 is 1.44. The molecule has 0 fully saturated rings. The lowest BCUT2D eigenvalue weighted by Gasteiger charge is -2.08. The van der Waals surface area contributed by atoms with Crippen molar-refractivity contribution < 1.29 is 9.53 Å². The molecule has 3 aromatic rings. The highest BCUT2D eigenvalue weighted by Crippen LogP contribution is 2.23. The molecule has 0 aliphatic rings. The van der Waals surface area contributed by atoms with Crippen molar-refractivity contribution in [1.29, 1.82) is 0 Å².